The molecule has 1 rings (SSSR count). The van der Waals surface area contributed by atoms with Crippen molar-refractivity contribution in [2.75, 3.05) is 18.5 Å². The summed E-state index contributed by atoms with van der Waals surface area (Å²) < 4.78 is 12.9. The summed E-state index contributed by atoms with van der Waals surface area (Å²) in [4.78, 5) is 13.4. The van der Waals surface area contributed by atoms with Crippen molar-refractivity contribution in [1.29, 1.82) is 0 Å². The Hall–Kier alpha value is -1.62. The zero-order valence-corrected chi connectivity index (χ0v) is 13.2. The molecule has 0 amide bonds. The number of anilines is 1. The van der Waals surface area contributed by atoms with Gasteiger partial charge >= 0.3 is 5.97 Å². The molecule has 1 aromatic carbocycles. The molecule has 5 heteroatoms. The predicted octanol–water partition coefficient (Wildman–Crippen LogP) is 2.88. The van der Waals surface area contributed by atoms with E-state index in [0.717, 1.165) is 12.1 Å². The summed E-state index contributed by atoms with van der Waals surface area (Å²) in [5.74, 6) is -1.09. The van der Waals surface area contributed by atoms with Gasteiger partial charge in [0, 0.05) is 25.3 Å². The van der Waals surface area contributed by atoms with Crippen LogP contribution >= 0.6 is 0 Å². The lowest BCUT2D eigenvalue weighted by Gasteiger charge is -2.29. The first kappa shape index (κ1) is 17.4. The van der Waals surface area contributed by atoms with Crippen LogP contribution in [0.15, 0.2) is 24.3 Å². The van der Waals surface area contributed by atoms with E-state index in [1.807, 2.05) is 25.8 Å². The van der Waals surface area contributed by atoms with E-state index in [9.17, 15) is 14.3 Å². The number of nitrogens with one attached hydrogen (secondary N) is 1. The molecular formula is C16H25FN2O2. The van der Waals surface area contributed by atoms with Gasteiger partial charge in [-0.15, -0.1) is 0 Å². The normalized spacial score (nSPS) is 14.0. The van der Waals surface area contributed by atoms with E-state index >= 15 is 0 Å². The largest absolute Gasteiger partial charge is 0.480 e. The van der Waals surface area contributed by atoms with Gasteiger partial charge in [0.15, 0.2) is 0 Å². The van der Waals surface area contributed by atoms with Crippen LogP contribution in [0, 0.1) is 5.82 Å². The van der Waals surface area contributed by atoms with Crippen molar-refractivity contribution < 1.29 is 14.3 Å². The van der Waals surface area contributed by atoms with E-state index in [4.69, 9.17) is 0 Å². The lowest BCUT2D eigenvalue weighted by atomic mass is 9.94. The number of carbonyl (C=O) groups is 1. The molecule has 4 nitrogen and oxygen atoms in total. The van der Waals surface area contributed by atoms with Crippen molar-refractivity contribution >= 4 is 11.7 Å². The molecule has 1 aromatic rings. The highest BCUT2D eigenvalue weighted by atomic mass is 19.1. The fraction of sp³-hybridized carbons (Fsp3) is 0.562. The Morgan fingerprint density at radius 1 is 1.38 bits per heavy atom. The number of halogens is 1. The van der Waals surface area contributed by atoms with Gasteiger partial charge in [0.25, 0.3) is 0 Å². The second kappa shape index (κ2) is 7.41. The molecule has 1 atom stereocenters. The Balaban J connectivity index is 2.54. The van der Waals surface area contributed by atoms with E-state index in [-0.39, 0.29) is 11.9 Å². The lowest BCUT2D eigenvalue weighted by molar-refractivity contribution is -0.144. The molecule has 0 bridgehead atoms. The van der Waals surface area contributed by atoms with Gasteiger partial charge in [-0.2, -0.15) is 0 Å². The molecule has 2 N–H and O–H groups in total. The molecule has 0 fully saturated rings. The molecule has 0 aliphatic carbocycles. The van der Waals surface area contributed by atoms with Gasteiger partial charge in [-0.3, -0.25) is 10.1 Å². The maximum absolute atomic E-state index is 12.9. The summed E-state index contributed by atoms with van der Waals surface area (Å²) in [5, 5.41) is 12.5. The number of carboxylic acid groups (broad SMARTS) is 1. The Morgan fingerprint density at radius 3 is 2.43 bits per heavy atom. The van der Waals surface area contributed by atoms with Crippen molar-refractivity contribution in [2.45, 2.75) is 45.2 Å². The van der Waals surface area contributed by atoms with E-state index in [1.54, 1.807) is 19.1 Å². The van der Waals surface area contributed by atoms with E-state index in [0.29, 0.717) is 13.0 Å². The molecule has 0 saturated carbocycles. The fourth-order valence-electron chi connectivity index (χ4n) is 2.37. The zero-order valence-electron chi connectivity index (χ0n) is 13.2. The van der Waals surface area contributed by atoms with Gasteiger partial charge in [-0.1, -0.05) is 0 Å². The first-order valence-corrected chi connectivity index (χ1v) is 7.22. The van der Waals surface area contributed by atoms with Crippen LogP contribution in [-0.2, 0) is 4.79 Å². The topological polar surface area (TPSA) is 52.6 Å². The standard InChI is InChI=1S/C16H25FN2O2/c1-12(2)18-16(3,15(20)21)10-5-11-19(4)14-8-6-13(17)7-9-14/h6-9,12,18H,5,10-11H2,1-4H3,(H,20,21). The third kappa shape index (κ3) is 5.34. The van der Waals surface area contributed by atoms with Crippen LogP contribution in [0.1, 0.15) is 33.6 Å². The Labute approximate surface area is 126 Å². The molecular weight excluding hydrogens is 271 g/mol. The minimum atomic E-state index is -0.919. The molecule has 0 spiro atoms. The highest BCUT2D eigenvalue weighted by Crippen LogP contribution is 2.17. The molecule has 118 valence electrons. The molecule has 0 heterocycles. The molecule has 0 radical (unpaired) electrons. The fourth-order valence-corrected chi connectivity index (χ4v) is 2.37. The third-order valence-electron chi connectivity index (χ3n) is 3.52. The second-order valence-corrected chi connectivity index (χ2v) is 5.94. The molecule has 0 aliphatic heterocycles. The number of carboxylic acids is 1. The van der Waals surface area contributed by atoms with Crippen LogP contribution in [-0.4, -0.2) is 36.2 Å². The molecule has 21 heavy (non-hydrogen) atoms. The van der Waals surface area contributed by atoms with E-state index in [2.05, 4.69) is 5.32 Å². The van der Waals surface area contributed by atoms with Crippen molar-refractivity contribution in [3.63, 3.8) is 0 Å². The predicted molar refractivity (Wildman–Crippen MR) is 83.2 cm³/mol. The van der Waals surface area contributed by atoms with E-state index in [1.165, 1.54) is 12.1 Å². The second-order valence-electron chi connectivity index (χ2n) is 5.94. The van der Waals surface area contributed by atoms with Gasteiger partial charge in [-0.05, 0) is 57.9 Å². The highest BCUT2D eigenvalue weighted by molar-refractivity contribution is 5.78. The number of hydrogen-bond acceptors (Lipinski definition) is 3. The van der Waals surface area contributed by atoms with Gasteiger partial charge in [-0.25, -0.2) is 4.39 Å². The van der Waals surface area contributed by atoms with Crippen molar-refractivity contribution in [3.05, 3.63) is 30.1 Å². The van der Waals surface area contributed by atoms with Gasteiger partial charge in [0.2, 0.25) is 0 Å². The SMILES string of the molecule is CC(C)NC(C)(CCCN(C)c1ccc(F)cc1)C(=O)O. The summed E-state index contributed by atoms with van der Waals surface area (Å²) in [6.45, 7) is 6.30. The Kier molecular flexibility index (Phi) is 6.15. The van der Waals surface area contributed by atoms with Crippen LogP contribution in [0.2, 0.25) is 0 Å². The quantitative estimate of drug-likeness (QED) is 0.774. The summed E-state index contributed by atoms with van der Waals surface area (Å²) in [7, 11) is 1.92. The molecule has 1 unspecified atom stereocenters. The summed E-state index contributed by atoms with van der Waals surface area (Å²) in [6.07, 6.45) is 1.27. The zero-order chi connectivity index (χ0) is 16.0. The number of benzene rings is 1. The van der Waals surface area contributed by atoms with Gasteiger partial charge in [0.05, 0.1) is 0 Å². The maximum atomic E-state index is 12.9. The average molecular weight is 296 g/mol. The van der Waals surface area contributed by atoms with Crippen molar-refractivity contribution in [3.8, 4) is 0 Å². The smallest absolute Gasteiger partial charge is 0.323 e. The first-order valence-electron chi connectivity index (χ1n) is 7.22. The highest BCUT2D eigenvalue weighted by Gasteiger charge is 2.32. The maximum Gasteiger partial charge on any atom is 0.323 e. The van der Waals surface area contributed by atoms with E-state index < -0.39 is 11.5 Å². The lowest BCUT2D eigenvalue weighted by Crippen LogP contribution is -2.52. The Morgan fingerprint density at radius 2 is 1.95 bits per heavy atom. The minimum Gasteiger partial charge on any atom is -0.480 e. The monoisotopic (exact) mass is 296 g/mol. The van der Waals surface area contributed by atoms with Crippen LogP contribution in [0.25, 0.3) is 0 Å². The van der Waals surface area contributed by atoms with Crippen LogP contribution in [0.3, 0.4) is 0 Å². The average Bonchev–Trinajstić information content (AvgIpc) is 2.38. The molecule has 0 aliphatic rings. The van der Waals surface area contributed by atoms with Crippen LogP contribution < -0.4 is 10.2 Å². The summed E-state index contributed by atoms with van der Waals surface area (Å²) in [6, 6.07) is 6.40. The number of aliphatic carboxylic acids is 1. The Bertz CT molecular complexity index is 462. The van der Waals surface area contributed by atoms with Crippen molar-refractivity contribution in [2.24, 2.45) is 0 Å². The third-order valence-corrected chi connectivity index (χ3v) is 3.52. The molecule has 0 aromatic heterocycles. The summed E-state index contributed by atoms with van der Waals surface area (Å²) >= 11 is 0. The number of rotatable bonds is 8. The number of hydrogen-bond donors (Lipinski definition) is 2. The minimum absolute atomic E-state index is 0.112. The van der Waals surface area contributed by atoms with Gasteiger partial charge in [0.1, 0.15) is 11.4 Å². The number of nitrogens with zero attached hydrogens (tertiary/aromatic N) is 1. The van der Waals surface area contributed by atoms with Crippen LogP contribution in [0.4, 0.5) is 10.1 Å². The first-order chi connectivity index (χ1) is 9.74. The molecule has 0 saturated heterocycles. The van der Waals surface area contributed by atoms with Crippen molar-refractivity contribution in [1.82, 2.24) is 5.32 Å². The summed E-state index contributed by atoms with van der Waals surface area (Å²) in [5.41, 5.74) is 0.00268. The van der Waals surface area contributed by atoms with Crippen LogP contribution in [0.5, 0.6) is 0 Å². The van der Waals surface area contributed by atoms with Gasteiger partial charge < -0.3 is 10.0 Å².